The molecule has 104 valence electrons. The van der Waals surface area contributed by atoms with Crippen molar-refractivity contribution in [2.45, 2.75) is 39.5 Å². The number of hydrogen-bond acceptors (Lipinski definition) is 3. The second kappa shape index (κ2) is 7.36. The maximum Gasteiger partial charge on any atom is 0.228 e. The van der Waals surface area contributed by atoms with Crippen molar-refractivity contribution in [3.63, 3.8) is 0 Å². The highest BCUT2D eigenvalue weighted by molar-refractivity contribution is 5.92. The van der Waals surface area contributed by atoms with E-state index in [2.05, 4.69) is 17.6 Å². The van der Waals surface area contributed by atoms with Crippen LogP contribution in [0, 0.1) is 5.41 Å². The normalized spacial score (nSPS) is 22.9. The summed E-state index contributed by atoms with van der Waals surface area (Å²) in [5, 5.41) is 5.56. The number of carbonyl (C=O) groups is 2. The maximum absolute atomic E-state index is 11.9. The predicted molar refractivity (Wildman–Crippen MR) is 69.1 cm³/mol. The van der Waals surface area contributed by atoms with Gasteiger partial charge >= 0.3 is 0 Å². The molecular formula is C13H24N2O3. The lowest BCUT2D eigenvalue weighted by molar-refractivity contribution is -0.131. The zero-order valence-corrected chi connectivity index (χ0v) is 11.4. The number of nitrogens with one attached hydrogen (secondary N) is 2. The van der Waals surface area contributed by atoms with Crippen LogP contribution in [0.4, 0.5) is 0 Å². The average Bonchev–Trinajstić information content (AvgIpc) is 2.69. The van der Waals surface area contributed by atoms with Crippen molar-refractivity contribution < 1.29 is 14.3 Å². The highest BCUT2D eigenvalue weighted by Gasteiger charge is 2.40. The molecular weight excluding hydrogens is 232 g/mol. The van der Waals surface area contributed by atoms with Gasteiger partial charge in [0.15, 0.2) is 0 Å². The Morgan fingerprint density at radius 2 is 2.17 bits per heavy atom. The Bertz CT molecular complexity index is 294. The topological polar surface area (TPSA) is 67.4 Å². The summed E-state index contributed by atoms with van der Waals surface area (Å²) in [5.74, 6) is -0.0926. The average molecular weight is 256 g/mol. The molecule has 0 spiro atoms. The van der Waals surface area contributed by atoms with Crippen LogP contribution >= 0.6 is 0 Å². The number of rotatable bonds is 8. The highest BCUT2D eigenvalue weighted by atomic mass is 16.5. The SMILES string of the molecule is CCCCOCCCNC(=O)C1(C)CNC(=O)C1. The van der Waals surface area contributed by atoms with E-state index in [9.17, 15) is 9.59 Å². The molecule has 1 heterocycles. The van der Waals surface area contributed by atoms with E-state index >= 15 is 0 Å². The molecule has 5 nitrogen and oxygen atoms in total. The summed E-state index contributed by atoms with van der Waals surface area (Å²) in [4.78, 5) is 23.0. The lowest BCUT2D eigenvalue weighted by Crippen LogP contribution is -2.40. The van der Waals surface area contributed by atoms with Crippen LogP contribution in [0.5, 0.6) is 0 Å². The van der Waals surface area contributed by atoms with Gasteiger partial charge < -0.3 is 15.4 Å². The zero-order chi connectivity index (χ0) is 13.4. The standard InChI is InChI=1S/C13H24N2O3/c1-3-4-7-18-8-5-6-14-12(17)13(2)9-11(16)15-10-13/h3-10H2,1-2H3,(H,14,17)(H,15,16). The fraction of sp³-hybridized carbons (Fsp3) is 0.846. The molecule has 1 aliphatic heterocycles. The van der Waals surface area contributed by atoms with E-state index < -0.39 is 5.41 Å². The molecule has 0 bridgehead atoms. The molecule has 0 aromatic rings. The number of carbonyl (C=O) groups excluding carboxylic acids is 2. The summed E-state index contributed by atoms with van der Waals surface area (Å²) in [6.45, 7) is 6.45. The second-order valence-electron chi connectivity index (χ2n) is 5.09. The summed E-state index contributed by atoms with van der Waals surface area (Å²) in [7, 11) is 0. The van der Waals surface area contributed by atoms with Crippen molar-refractivity contribution in [3.8, 4) is 0 Å². The van der Waals surface area contributed by atoms with E-state index in [4.69, 9.17) is 4.74 Å². The molecule has 1 atom stereocenters. The summed E-state index contributed by atoms with van der Waals surface area (Å²) >= 11 is 0. The number of ether oxygens (including phenoxy) is 1. The molecule has 0 aliphatic carbocycles. The van der Waals surface area contributed by atoms with Crippen LogP contribution in [-0.2, 0) is 14.3 Å². The third kappa shape index (κ3) is 4.64. The Balaban J connectivity index is 2.08. The first-order valence-electron chi connectivity index (χ1n) is 6.71. The van der Waals surface area contributed by atoms with E-state index in [1.807, 2.05) is 6.92 Å². The number of amides is 2. The minimum absolute atomic E-state index is 0.0458. The first-order chi connectivity index (χ1) is 8.58. The minimum atomic E-state index is -0.583. The maximum atomic E-state index is 11.9. The van der Waals surface area contributed by atoms with Crippen LogP contribution in [-0.4, -0.2) is 38.1 Å². The Labute approximate surface area is 109 Å². The van der Waals surface area contributed by atoms with Gasteiger partial charge in [-0.15, -0.1) is 0 Å². The minimum Gasteiger partial charge on any atom is -0.381 e. The van der Waals surface area contributed by atoms with E-state index in [1.54, 1.807) is 0 Å². The molecule has 1 aliphatic rings. The third-order valence-electron chi connectivity index (χ3n) is 3.17. The fourth-order valence-corrected chi connectivity index (χ4v) is 1.87. The van der Waals surface area contributed by atoms with E-state index in [0.717, 1.165) is 25.9 Å². The molecule has 0 aromatic heterocycles. The molecule has 2 amide bonds. The molecule has 1 rings (SSSR count). The molecule has 2 N–H and O–H groups in total. The zero-order valence-electron chi connectivity index (χ0n) is 11.4. The Morgan fingerprint density at radius 1 is 1.44 bits per heavy atom. The highest BCUT2D eigenvalue weighted by Crippen LogP contribution is 2.25. The van der Waals surface area contributed by atoms with Gasteiger partial charge in [0.1, 0.15) is 0 Å². The Kier molecular flexibility index (Phi) is 6.12. The summed E-state index contributed by atoms with van der Waals surface area (Å²) < 4.78 is 5.41. The molecule has 0 radical (unpaired) electrons. The first kappa shape index (κ1) is 15.0. The quantitative estimate of drug-likeness (QED) is 0.632. The molecule has 5 heteroatoms. The van der Waals surface area contributed by atoms with Crippen LogP contribution in [0.3, 0.4) is 0 Å². The van der Waals surface area contributed by atoms with Crippen LogP contribution < -0.4 is 10.6 Å². The van der Waals surface area contributed by atoms with Gasteiger partial charge in [-0.25, -0.2) is 0 Å². The van der Waals surface area contributed by atoms with Gasteiger partial charge in [0.2, 0.25) is 11.8 Å². The van der Waals surface area contributed by atoms with Crippen LogP contribution in [0.2, 0.25) is 0 Å². The summed E-state index contributed by atoms with van der Waals surface area (Å²) in [6.07, 6.45) is 3.31. The van der Waals surface area contributed by atoms with Crippen molar-refractivity contribution in [3.05, 3.63) is 0 Å². The Hall–Kier alpha value is -1.10. The van der Waals surface area contributed by atoms with Gasteiger partial charge in [0, 0.05) is 32.7 Å². The molecule has 1 unspecified atom stereocenters. The summed E-state index contributed by atoms with van der Waals surface area (Å²) in [5.41, 5.74) is -0.583. The van der Waals surface area contributed by atoms with Gasteiger partial charge in [0.05, 0.1) is 5.41 Å². The lowest BCUT2D eigenvalue weighted by atomic mass is 9.88. The summed E-state index contributed by atoms with van der Waals surface area (Å²) in [6, 6.07) is 0. The van der Waals surface area contributed by atoms with Crippen molar-refractivity contribution in [1.29, 1.82) is 0 Å². The fourth-order valence-electron chi connectivity index (χ4n) is 1.87. The van der Waals surface area contributed by atoms with Gasteiger partial charge in [-0.1, -0.05) is 13.3 Å². The van der Waals surface area contributed by atoms with E-state index in [0.29, 0.717) is 19.7 Å². The van der Waals surface area contributed by atoms with Gasteiger partial charge in [-0.05, 0) is 19.8 Å². The van der Waals surface area contributed by atoms with Crippen molar-refractivity contribution in [1.82, 2.24) is 10.6 Å². The van der Waals surface area contributed by atoms with Gasteiger partial charge in [-0.2, -0.15) is 0 Å². The molecule has 18 heavy (non-hydrogen) atoms. The molecule has 1 fully saturated rings. The van der Waals surface area contributed by atoms with Crippen molar-refractivity contribution in [2.75, 3.05) is 26.3 Å². The molecule has 1 saturated heterocycles. The lowest BCUT2D eigenvalue weighted by Gasteiger charge is -2.20. The van der Waals surface area contributed by atoms with E-state index in [1.165, 1.54) is 0 Å². The Morgan fingerprint density at radius 3 is 2.78 bits per heavy atom. The second-order valence-corrected chi connectivity index (χ2v) is 5.09. The van der Waals surface area contributed by atoms with Gasteiger partial charge in [-0.3, -0.25) is 9.59 Å². The van der Waals surface area contributed by atoms with Gasteiger partial charge in [0.25, 0.3) is 0 Å². The van der Waals surface area contributed by atoms with Crippen LogP contribution in [0.15, 0.2) is 0 Å². The predicted octanol–water partition coefficient (Wildman–Crippen LogP) is 0.836. The van der Waals surface area contributed by atoms with Crippen LogP contribution in [0.25, 0.3) is 0 Å². The monoisotopic (exact) mass is 256 g/mol. The van der Waals surface area contributed by atoms with Crippen LogP contribution in [0.1, 0.15) is 39.5 Å². The molecule has 0 saturated carbocycles. The number of unbranched alkanes of at least 4 members (excludes halogenated alkanes) is 1. The first-order valence-corrected chi connectivity index (χ1v) is 6.71. The van der Waals surface area contributed by atoms with Crippen molar-refractivity contribution in [2.24, 2.45) is 5.41 Å². The van der Waals surface area contributed by atoms with Crippen molar-refractivity contribution >= 4 is 11.8 Å². The molecule has 0 aromatic carbocycles. The largest absolute Gasteiger partial charge is 0.381 e. The third-order valence-corrected chi connectivity index (χ3v) is 3.17. The smallest absolute Gasteiger partial charge is 0.228 e. The number of hydrogen-bond donors (Lipinski definition) is 2. The van der Waals surface area contributed by atoms with E-state index in [-0.39, 0.29) is 18.2 Å².